The molecule has 30 heavy (non-hydrogen) atoms. The summed E-state index contributed by atoms with van der Waals surface area (Å²) >= 11 is 0. The van der Waals surface area contributed by atoms with Crippen LogP contribution in [0.1, 0.15) is 41.3 Å². The van der Waals surface area contributed by atoms with Crippen molar-refractivity contribution >= 4 is 11.7 Å². The van der Waals surface area contributed by atoms with E-state index in [1.807, 2.05) is 0 Å². The predicted octanol–water partition coefficient (Wildman–Crippen LogP) is 3.31. The van der Waals surface area contributed by atoms with Crippen LogP contribution in [-0.4, -0.2) is 53.7 Å². The summed E-state index contributed by atoms with van der Waals surface area (Å²) in [7, 11) is 1.56. The maximum absolute atomic E-state index is 13.2. The molecule has 1 aromatic heterocycles. The number of aromatic hydroxyl groups is 1. The van der Waals surface area contributed by atoms with Crippen molar-refractivity contribution in [2.75, 3.05) is 26.9 Å². The molecule has 1 atom stereocenters. The van der Waals surface area contributed by atoms with Gasteiger partial charge in [0, 0.05) is 20.3 Å². The lowest BCUT2D eigenvalue weighted by atomic mass is 9.94. The minimum absolute atomic E-state index is 0.0365. The number of phenolic OH excluding ortho intramolecular Hbond substituents is 1. The molecule has 1 aliphatic rings. The molecule has 2 aromatic rings. The predicted molar refractivity (Wildman–Crippen MR) is 108 cm³/mol. The van der Waals surface area contributed by atoms with Crippen LogP contribution < -0.4 is 4.74 Å². The Morgan fingerprint density at radius 2 is 2.00 bits per heavy atom. The van der Waals surface area contributed by atoms with Crippen LogP contribution in [0.15, 0.2) is 46.1 Å². The maximum atomic E-state index is 13.2. The molecule has 8 heteroatoms. The number of amides is 1. The molecule has 0 unspecified atom stereocenters. The highest BCUT2D eigenvalue weighted by Crippen LogP contribution is 2.41. The molecule has 3 rings (SSSR count). The van der Waals surface area contributed by atoms with Crippen molar-refractivity contribution in [3.8, 4) is 11.5 Å². The topological polar surface area (TPSA) is 109 Å². The lowest BCUT2D eigenvalue weighted by Crippen LogP contribution is -2.32. The van der Waals surface area contributed by atoms with Crippen molar-refractivity contribution in [2.45, 2.75) is 26.3 Å². The number of hydrogen-bond acceptors (Lipinski definition) is 7. The Bertz CT molecular complexity index is 976. The van der Waals surface area contributed by atoms with E-state index in [9.17, 15) is 19.8 Å². The second-order valence-corrected chi connectivity index (χ2v) is 6.91. The standard InChI is InChI=1S/C22H25NO7/c1-4-29-17-12-14(7-8-15(17)24)19-18(20(25)16-9-6-13(2)30-16)21(26)22(27)23(19)10-5-11-28-3/h6-9,12,19,24,26H,4-5,10-11H2,1-3H3/t19-/m1/s1. The number of carbonyl (C=O) groups excluding carboxylic acids is 2. The Morgan fingerprint density at radius 1 is 1.23 bits per heavy atom. The van der Waals surface area contributed by atoms with E-state index in [2.05, 4.69) is 0 Å². The monoisotopic (exact) mass is 415 g/mol. The van der Waals surface area contributed by atoms with Crippen molar-refractivity contribution < 1.29 is 33.7 Å². The van der Waals surface area contributed by atoms with Crippen LogP contribution in [0.3, 0.4) is 0 Å². The van der Waals surface area contributed by atoms with E-state index in [0.717, 1.165) is 0 Å². The molecule has 1 aromatic carbocycles. The summed E-state index contributed by atoms with van der Waals surface area (Å²) in [6.45, 7) is 4.49. The van der Waals surface area contributed by atoms with Crippen LogP contribution in [0.25, 0.3) is 0 Å². The highest BCUT2D eigenvalue weighted by atomic mass is 16.5. The summed E-state index contributed by atoms with van der Waals surface area (Å²) in [4.78, 5) is 27.4. The number of carbonyl (C=O) groups is 2. The summed E-state index contributed by atoms with van der Waals surface area (Å²) in [5.41, 5.74) is 0.456. The second-order valence-electron chi connectivity index (χ2n) is 6.91. The zero-order valence-electron chi connectivity index (χ0n) is 17.2. The smallest absolute Gasteiger partial charge is 0.290 e. The van der Waals surface area contributed by atoms with Gasteiger partial charge < -0.3 is 29.0 Å². The molecule has 0 bridgehead atoms. The van der Waals surface area contributed by atoms with Gasteiger partial charge >= 0.3 is 0 Å². The molecule has 160 valence electrons. The van der Waals surface area contributed by atoms with Gasteiger partial charge in [0.25, 0.3) is 5.91 Å². The third-order valence-corrected chi connectivity index (χ3v) is 4.86. The minimum Gasteiger partial charge on any atom is -0.504 e. The van der Waals surface area contributed by atoms with E-state index in [1.54, 1.807) is 39.2 Å². The molecule has 2 N–H and O–H groups in total. The van der Waals surface area contributed by atoms with Crippen LogP contribution in [0.2, 0.25) is 0 Å². The number of ether oxygens (including phenoxy) is 2. The van der Waals surface area contributed by atoms with Crippen molar-refractivity contribution in [3.05, 3.63) is 58.7 Å². The van der Waals surface area contributed by atoms with E-state index >= 15 is 0 Å². The quantitative estimate of drug-likeness (QED) is 0.478. The molecule has 0 radical (unpaired) electrons. The summed E-state index contributed by atoms with van der Waals surface area (Å²) in [5.74, 6) is -1.07. The third kappa shape index (κ3) is 4.04. The number of rotatable bonds is 9. The number of phenols is 1. The molecule has 1 aliphatic heterocycles. The Kier molecular flexibility index (Phi) is 6.47. The maximum Gasteiger partial charge on any atom is 0.290 e. The molecule has 8 nitrogen and oxygen atoms in total. The molecular weight excluding hydrogens is 390 g/mol. The Morgan fingerprint density at radius 3 is 2.63 bits per heavy atom. The first kappa shape index (κ1) is 21.4. The minimum atomic E-state index is -0.855. The third-order valence-electron chi connectivity index (χ3n) is 4.86. The second kappa shape index (κ2) is 9.04. The molecule has 0 saturated carbocycles. The fourth-order valence-electron chi connectivity index (χ4n) is 3.50. The van der Waals surface area contributed by atoms with Gasteiger partial charge in [0.2, 0.25) is 5.78 Å². The number of nitrogens with zero attached hydrogens (tertiary/aromatic N) is 1. The van der Waals surface area contributed by atoms with E-state index in [1.165, 1.54) is 17.0 Å². The summed E-state index contributed by atoms with van der Waals surface area (Å²) in [5, 5.41) is 20.6. The van der Waals surface area contributed by atoms with Crippen LogP contribution >= 0.6 is 0 Å². The molecule has 0 aliphatic carbocycles. The summed E-state index contributed by atoms with van der Waals surface area (Å²) < 4.78 is 16.0. The molecular formula is C22H25NO7. The van der Waals surface area contributed by atoms with Crippen LogP contribution in [0, 0.1) is 6.92 Å². The van der Waals surface area contributed by atoms with Crippen LogP contribution in [0.5, 0.6) is 11.5 Å². The summed E-state index contributed by atoms with van der Waals surface area (Å²) in [6, 6.07) is 6.90. The number of aliphatic hydroxyl groups is 1. The number of ketones is 1. The van der Waals surface area contributed by atoms with E-state index in [0.29, 0.717) is 31.0 Å². The largest absolute Gasteiger partial charge is 0.504 e. The first-order valence-corrected chi connectivity index (χ1v) is 9.68. The van der Waals surface area contributed by atoms with Gasteiger partial charge in [-0.15, -0.1) is 0 Å². The average Bonchev–Trinajstić information content (AvgIpc) is 3.26. The number of hydrogen-bond donors (Lipinski definition) is 2. The van der Waals surface area contributed by atoms with Gasteiger partial charge in [-0.2, -0.15) is 0 Å². The molecule has 0 spiro atoms. The number of furan rings is 1. The lowest BCUT2D eigenvalue weighted by Gasteiger charge is -2.27. The fraction of sp³-hybridized carbons (Fsp3) is 0.364. The zero-order valence-corrected chi connectivity index (χ0v) is 17.2. The molecule has 0 saturated heterocycles. The molecule has 0 fully saturated rings. The van der Waals surface area contributed by atoms with Crippen LogP contribution in [0.4, 0.5) is 0 Å². The van der Waals surface area contributed by atoms with Gasteiger partial charge in [0.05, 0.1) is 18.2 Å². The van der Waals surface area contributed by atoms with E-state index in [4.69, 9.17) is 13.9 Å². The Hall–Kier alpha value is -3.26. The molecule has 2 heterocycles. The van der Waals surface area contributed by atoms with Crippen molar-refractivity contribution in [3.63, 3.8) is 0 Å². The van der Waals surface area contributed by atoms with Crippen molar-refractivity contribution in [1.29, 1.82) is 0 Å². The normalized spacial score (nSPS) is 16.4. The van der Waals surface area contributed by atoms with E-state index < -0.39 is 23.5 Å². The van der Waals surface area contributed by atoms with Gasteiger partial charge in [0.15, 0.2) is 23.0 Å². The highest BCUT2D eigenvalue weighted by Gasteiger charge is 2.44. The number of aryl methyl sites for hydroxylation is 1. The molecule has 1 amide bonds. The van der Waals surface area contributed by atoms with Crippen molar-refractivity contribution in [2.24, 2.45) is 0 Å². The number of methoxy groups -OCH3 is 1. The Balaban J connectivity index is 2.07. The Labute approximate surface area is 174 Å². The van der Waals surface area contributed by atoms with Gasteiger partial charge in [-0.3, -0.25) is 9.59 Å². The fourth-order valence-corrected chi connectivity index (χ4v) is 3.50. The first-order chi connectivity index (χ1) is 14.4. The highest BCUT2D eigenvalue weighted by molar-refractivity contribution is 6.15. The van der Waals surface area contributed by atoms with Gasteiger partial charge in [0.1, 0.15) is 5.76 Å². The van der Waals surface area contributed by atoms with Gasteiger partial charge in [-0.25, -0.2) is 0 Å². The summed E-state index contributed by atoms with van der Waals surface area (Å²) in [6.07, 6.45) is 0.518. The van der Waals surface area contributed by atoms with Gasteiger partial charge in [-0.05, 0) is 50.1 Å². The van der Waals surface area contributed by atoms with E-state index in [-0.39, 0.29) is 29.4 Å². The van der Waals surface area contributed by atoms with Crippen LogP contribution in [-0.2, 0) is 9.53 Å². The number of benzene rings is 1. The zero-order chi connectivity index (χ0) is 21.8. The number of aliphatic hydroxyl groups excluding tert-OH is 1. The first-order valence-electron chi connectivity index (χ1n) is 9.68. The van der Waals surface area contributed by atoms with Crippen molar-refractivity contribution in [1.82, 2.24) is 4.90 Å². The number of Topliss-reactive ketones (excluding diaryl/α,β-unsaturated/α-hetero) is 1. The lowest BCUT2D eigenvalue weighted by molar-refractivity contribution is -0.129. The van der Waals surface area contributed by atoms with Gasteiger partial charge in [-0.1, -0.05) is 6.07 Å². The SMILES string of the molecule is CCOc1cc([C@@H]2C(C(=O)c3ccc(C)o3)=C(O)C(=O)N2CCCOC)ccc1O. The average molecular weight is 415 g/mol.